The van der Waals surface area contributed by atoms with Gasteiger partial charge in [-0.2, -0.15) is 0 Å². The van der Waals surface area contributed by atoms with E-state index in [9.17, 15) is 14.4 Å². The Morgan fingerprint density at radius 1 is 0.328 bits per heavy atom. The molecule has 0 spiro atoms. The van der Waals surface area contributed by atoms with Crippen molar-refractivity contribution in [1.29, 1.82) is 0 Å². The normalized spacial score (nSPS) is 12.6. The molecule has 0 rings (SSSR count). The predicted octanol–water partition coefficient (Wildman–Crippen LogP) is 17.8. The minimum absolute atomic E-state index is 0.104. The van der Waals surface area contributed by atoms with E-state index in [0.717, 1.165) is 77.0 Å². The third-order valence-corrected chi connectivity index (χ3v) is 11.5. The van der Waals surface area contributed by atoms with E-state index in [2.05, 4.69) is 93.7 Å². The van der Waals surface area contributed by atoms with Gasteiger partial charge < -0.3 is 14.2 Å². The molecule has 6 nitrogen and oxygen atoms in total. The van der Waals surface area contributed by atoms with Gasteiger partial charge in [0, 0.05) is 19.3 Å². The van der Waals surface area contributed by atoms with E-state index in [4.69, 9.17) is 14.2 Å². The van der Waals surface area contributed by atoms with Crippen LogP contribution in [0.1, 0.15) is 258 Å². The first-order valence-electron chi connectivity index (χ1n) is 27.0. The third-order valence-electron chi connectivity index (χ3n) is 11.5. The molecule has 0 N–H and O–H groups in total. The quantitative estimate of drug-likeness (QED) is 0.0199. The average Bonchev–Trinajstić information content (AvgIpc) is 3.29. The Morgan fingerprint density at radius 2 is 0.641 bits per heavy atom. The largest absolute Gasteiger partial charge is 0.462 e. The minimum Gasteiger partial charge on any atom is -0.462 e. The predicted molar refractivity (Wildman–Crippen MR) is 274 cm³/mol. The Labute approximate surface area is 395 Å². The number of unbranched alkanes of at least 4 members (excludes halogenated alkanes) is 26. The SMILES string of the molecule is CCCC/C=C\C=C/CCCCCC(=O)OCC(COC(=O)CCCCCCCCCCCCCCCCCCCC)OC(=O)CCC/C=C\C/C=C\C/C=C\C/C=C\CCCCC. The van der Waals surface area contributed by atoms with Crippen molar-refractivity contribution in [3.63, 3.8) is 0 Å². The van der Waals surface area contributed by atoms with Gasteiger partial charge in [-0.3, -0.25) is 14.4 Å². The van der Waals surface area contributed by atoms with Gasteiger partial charge in [-0.25, -0.2) is 0 Å². The molecular formula is C58H100O6. The second-order valence-corrected chi connectivity index (χ2v) is 17.8. The number of allylic oxidation sites excluding steroid dienone is 12. The van der Waals surface area contributed by atoms with Crippen molar-refractivity contribution in [2.75, 3.05) is 13.2 Å². The Hall–Kier alpha value is -3.15. The van der Waals surface area contributed by atoms with Gasteiger partial charge in [-0.1, -0.05) is 235 Å². The molecule has 0 heterocycles. The van der Waals surface area contributed by atoms with Crippen molar-refractivity contribution in [1.82, 2.24) is 0 Å². The number of carbonyl (C=O) groups is 3. The molecule has 368 valence electrons. The Kier molecular flexibility index (Phi) is 49.9. The highest BCUT2D eigenvalue weighted by molar-refractivity contribution is 5.71. The highest BCUT2D eigenvalue weighted by Gasteiger charge is 2.19. The first-order chi connectivity index (χ1) is 31.5. The van der Waals surface area contributed by atoms with Crippen LogP contribution in [0.4, 0.5) is 0 Å². The lowest BCUT2D eigenvalue weighted by molar-refractivity contribution is -0.167. The van der Waals surface area contributed by atoms with Crippen LogP contribution in [0.3, 0.4) is 0 Å². The smallest absolute Gasteiger partial charge is 0.306 e. The first-order valence-corrected chi connectivity index (χ1v) is 27.0. The topological polar surface area (TPSA) is 78.9 Å². The first kappa shape index (κ1) is 60.9. The maximum Gasteiger partial charge on any atom is 0.306 e. The molecule has 0 amide bonds. The summed E-state index contributed by atoms with van der Waals surface area (Å²) in [5.74, 6) is -0.985. The van der Waals surface area contributed by atoms with Crippen LogP contribution < -0.4 is 0 Å². The van der Waals surface area contributed by atoms with Crippen LogP contribution in [-0.2, 0) is 28.6 Å². The number of carbonyl (C=O) groups excluding carboxylic acids is 3. The van der Waals surface area contributed by atoms with Crippen LogP contribution in [-0.4, -0.2) is 37.2 Å². The molecule has 0 aliphatic carbocycles. The molecule has 1 unspecified atom stereocenters. The minimum atomic E-state index is -0.812. The van der Waals surface area contributed by atoms with E-state index in [1.54, 1.807) is 0 Å². The molecule has 0 bridgehead atoms. The van der Waals surface area contributed by atoms with Crippen molar-refractivity contribution in [2.45, 2.75) is 264 Å². The molecule has 0 fully saturated rings. The fourth-order valence-electron chi connectivity index (χ4n) is 7.35. The highest BCUT2D eigenvalue weighted by atomic mass is 16.6. The van der Waals surface area contributed by atoms with Gasteiger partial charge in [0.1, 0.15) is 13.2 Å². The molecule has 0 aromatic heterocycles. The molecule has 0 aliphatic rings. The van der Waals surface area contributed by atoms with E-state index in [1.807, 2.05) is 0 Å². The number of esters is 3. The van der Waals surface area contributed by atoms with Gasteiger partial charge in [0.25, 0.3) is 0 Å². The maximum absolute atomic E-state index is 12.8. The van der Waals surface area contributed by atoms with Crippen molar-refractivity contribution < 1.29 is 28.6 Å². The van der Waals surface area contributed by atoms with Crippen LogP contribution in [0, 0.1) is 0 Å². The summed E-state index contributed by atoms with van der Waals surface area (Å²) < 4.78 is 16.7. The number of hydrogen-bond donors (Lipinski definition) is 0. The fraction of sp³-hybridized carbons (Fsp3) is 0.741. The lowest BCUT2D eigenvalue weighted by atomic mass is 10.0. The second-order valence-electron chi connectivity index (χ2n) is 17.8. The van der Waals surface area contributed by atoms with E-state index in [1.165, 1.54) is 135 Å². The van der Waals surface area contributed by atoms with Gasteiger partial charge >= 0.3 is 17.9 Å². The summed E-state index contributed by atoms with van der Waals surface area (Å²) >= 11 is 0. The van der Waals surface area contributed by atoms with E-state index < -0.39 is 6.10 Å². The van der Waals surface area contributed by atoms with E-state index in [-0.39, 0.29) is 37.5 Å². The Balaban J connectivity index is 4.44. The highest BCUT2D eigenvalue weighted by Crippen LogP contribution is 2.15. The molecule has 1 atom stereocenters. The Bertz CT molecular complexity index is 1210. The van der Waals surface area contributed by atoms with Crippen LogP contribution in [0.2, 0.25) is 0 Å². The van der Waals surface area contributed by atoms with Crippen LogP contribution >= 0.6 is 0 Å². The van der Waals surface area contributed by atoms with Crippen molar-refractivity contribution >= 4 is 17.9 Å². The monoisotopic (exact) mass is 893 g/mol. The molecule has 0 aliphatic heterocycles. The van der Waals surface area contributed by atoms with Gasteiger partial charge in [0.15, 0.2) is 6.10 Å². The van der Waals surface area contributed by atoms with Crippen LogP contribution in [0.15, 0.2) is 72.9 Å². The molecule has 0 saturated heterocycles. The summed E-state index contributed by atoms with van der Waals surface area (Å²) in [6.07, 6.45) is 66.1. The molecule has 64 heavy (non-hydrogen) atoms. The van der Waals surface area contributed by atoms with Gasteiger partial charge in [-0.15, -0.1) is 0 Å². The summed E-state index contributed by atoms with van der Waals surface area (Å²) in [6.45, 7) is 6.50. The fourth-order valence-corrected chi connectivity index (χ4v) is 7.35. The summed E-state index contributed by atoms with van der Waals surface area (Å²) in [5, 5.41) is 0. The lowest BCUT2D eigenvalue weighted by Crippen LogP contribution is -2.30. The summed E-state index contributed by atoms with van der Waals surface area (Å²) in [6, 6.07) is 0. The number of ether oxygens (including phenoxy) is 3. The molecule has 0 saturated carbocycles. The number of rotatable bonds is 48. The van der Waals surface area contributed by atoms with Gasteiger partial charge in [0.05, 0.1) is 0 Å². The van der Waals surface area contributed by atoms with Crippen LogP contribution in [0.25, 0.3) is 0 Å². The average molecular weight is 893 g/mol. The molecule has 0 aromatic carbocycles. The molecule has 6 heteroatoms. The Morgan fingerprint density at radius 3 is 1.09 bits per heavy atom. The zero-order valence-corrected chi connectivity index (χ0v) is 42.0. The standard InChI is InChI=1S/C58H100O6/c1-4-7-10-13-16-19-22-24-26-28-30-31-33-36-39-42-45-48-51-57(60)63-54-55(53-62-56(59)50-47-44-41-38-35-21-18-15-12-9-6-3)64-58(61)52-49-46-43-40-37-34-32-29-27-25-23-20-17-14-11-8-5-2/h15,17-18,20-21,25,27,32,34-35,40,43,55H,4-14,16,19,22-24,26,28-31,33,36-39,41-42,44-54H2,1-3H3/b18-15-,20-17-,27-25-,34-32-,35-21-,43-40-. The number of hydrogen-bond acceptors (Lipinski definition) is 6. The molecular weight excluding hydrogens is 793 g/mol. The zero-order valence-electron chi connectivity index (χ0n) is 42.0. The molecule has 0 radical (unpaired) electrons. The van der Waals surface area contributed by atoms with Crippen molar-refractivity contribution in [3.8, 4) is 0 Å². The zero-order chi connectivity index (χ0) is 46.5. The van der Waals surface area contributed by atoms with E-state index >= 15 is 0 Å². The van der Waals surface area contributed by atoms with Crippen molar-refractivity contribution in [3.05, 3.63) is 72.9 Å². The van der Waals surface area contributed by atoms with Gasteiger partial charge in [0.2, 0.25) is 0 Å². The van der Waals surface area contributed by atoms with E-state index in [0.29, 0.717) is 19.3 Å². The third kappa shape index (κ3) is 49.9. The summed E-state index contributed by atoms with van der Waals surface area (Å²) in [5.41, 5.74) is 0. The summed E-state index contributed by atoms with van der Waals surface area (Å²) in [4.78, 5) is 38.0. The second kappa shape index (κ2) is 52.5. The lowest BCUT2D eigenvalue weighted by Gasteiger charge is -2.18. The van der Waals surface area contributed by atoms with Crippen molar-refractivity contribution in [2.24, 2.45) is 0 Å². The molecule has 0 aromatic rings. The van der Waals surface area contributed by atoms with Gasteiger partial charge in [-0.05, 0) is 77.0 Å². The van der Waals surface area contributed by atoms with Crippen LogP contribution in [0.5, 0.6) is 0 Å². The maximum atomic E-state index is 12.8. The summed E-state index contributed by atoms with van der Waals surface area (Å²) in [7, 11) is 0.